The van der Waals surface area contributed by atoms with E-state index in [9.17, 15) is 13.2 Å². The highest BCUT2D eigenvalue weighted by Crippen LogP contribution is 2.25. The topological polar surface area (TPSA) is 47.3 Å². The lowest BCUT2D eigenvalue weighted by Crippen LogP contribution is -2.28. The van der Waals surface area contributed by atoms with Crippen molar-refractivity contribution in [3.8, 4) is 5.75 Å². The van der Waals surface area contributed by atoms with Crippen molar-refractivity contribution in [1.82, 2.24) is 5.43 Å². The molecule has 3 nitrogen and oxygen atoms in total. The van der Waals surface area contributed by atoms with E-state index in [1.54, 1.807) is 23.5 Å². The summed E-state index contributed by atoms with van der Waals surface area (Å²) < 4.78 is 40.1. The van der Waals surface area contributed by atoms with E-state index >= 15 is 0 Å². The van der Waals surface area contributed by atoms with Gasteiger partial charge in [-0.15, -0.1) is 13.2 Å². The van der Waals surface area contributed by atoms with E-state index in [-0.39, 0.29) is 11.8 Å². The van der Waals surface area contributed by atoms with Crippen LogP contribution < -0.4 is 16.0 Å². The Kier molecular flexibility index (Phi) is 5.22. The molecule has 2 rings (SSSR count). The number of alkyl halides is 3. The van der Waals surface area contributed by atoms with Gasteiger partial charge in [0, 0.05) is 6.04 Å². The number of benzene rings is 1. The lowest BCUT2D eigenvalue weighted by atomic mass is 10.0. The standard InChI is InChI=1S/C14H15F3N2OS/c15-14(16,17)20-12-4-2-11(3-5-12)13(19-18)6-1-10-7-8-21-9-10/h2-5,7-9,13,19H,1,6,18H2. The maximum absolute atomic E-state index is 12.1. The fourth-order valence-electron chi connectivity index (χ4n) is 1.99. The average molecular weight is 316 g/mol. The van der Waals surface area contributed by atoms with Crippen LogP contribution in [0.15, 0.2) is 41.1 Å². The first-order valence-corrected chi connectivity index (χ1v) is 7.25. The van der Waals surface area contributed by atoms with E-state index in [0.717, 1.165) is 18.4 Å². The van der Waals surface area contributed by atoms with Gasteiger partial charge < -0.3 is 4.74 Å². The molecular formula is C14H15F3N2OS. The molecule has 0 saturated heterocycles. The largest absolute Gasteiger partial charge is 0.573 e. The first-order chi connectivity index (χ1) is 9.98. The van der Waals surface area contributed by atoms with Gasteiger partial charge in [-0.1, -0.05) is 12.1 Å². The molecule has 0 bridgehead atoms. The molecular weight excluding hydrogens is 301 g/mol. The van der Waals surface area contributed by atoms with Crippen LogP contribution in [0.3, 0.4) is 0 Å². The summed E-state index contributed by atoms with van der Waals surface area (Å²) in [6.45, 7) is 0. The minimum atomic E-state index is -4.67. The van der Waals surface area contributed by atoms with Gasteiger partial charge in [0.05, 0.1) is 0 Å². The van der Waals surface area contributed by atoms with E-state index in [0.29, 0.717) is 0 Å². The molecule has 1 atom stereocenters. The fourth-order valence-corrected chi connectivity index (χ4v) is 2.70. The number of thiophene rings is 1. The van der Waals surface area contributed by atoms with E-state index < -0.39 is 6.36 Å². The summed E-state index contributed by atoms with van der Waals surface area (Å²) in [4.78, 5) is 0. The van der Waals surface area contributed by atoms with Crippen LogP contribution in [-0.2, 0) is 6.42 Å². The molecule has 0 aliphatic carbocycles. The summed E-state index contributed by atoms with van der Waals surface area (Å²) in [5, 5.41) is 4.07. The van der Waals surface area contributed by atoms with E-state index in [1.165, 1.54) is 17.7 Å². The first-order valence-electron chi connectivity index (χ1n) is 6.31. The molecule has 3 N–H and O–H groups in total. The molecule has 1 heterocycles. The Hall–Kier alpha value is -1.57. The van der Waals surface area contributed by atoms with E-state index in [1.807, 2.05) is 11.4 Å². The summed E-state index contributed by atoms with van der Waals surface area (Å²) in [5.41, 5.74) is 4.73. The van der Waals surface area contributed by atoms with Crippen LogP contribution in [0.5, 0.6) is 5.75 Å². The highest BCUT2D eigenvalue weighted by Gasteiger charge is 2.31. The van der Waals surface area contributed by atoms with Gasteiger partial charge in [0.2, 0.25) is 0 Å². The molecule has 0 aliphatic rings. The number of hydrogen-bond donors (Lipinski definition) is 2. The molecule has 1 aromatic heterocycles. The third-order valence-corrected chi connectivity index (χ3v) is 3.75. The van der Waals surface area contributed by atoms with Gasteiger partial charge in [0.1, 0.15) is 5.75 Å². The summed E-state index contributed by atoms with van der Waals surface area (Å²) in [5.74, 6) is 5.29. The van der Waals surface area contributed by atoms with Crippen molar-refractivity contribution >= 4 is 11.3 Å². The molecule has 0 spiro atoms. The third-order valence-electron chi connectivity index (χ3n) is 3.02. The van der Waals surface area contributed by atoms with Gasteiger partial charge in [0.15, 0.2) is 0 Å². The van der Waals surface area contributed by atoms with Crippen LogP contribution >= 0.6 is 11.3 Å². The van der Waals surface area contributed by atoms with E-state index in [4.69, 9.17) is 5.84 Å². The van der Waals surface area contributed by atoms with Crippen molar-refractivity contribution in [3.05, 3.63) is 52.2 Å². The van der Waals surface area contributed by atoms with Crippen LogP contribution in [0.4, 0.5) is 13.2 Å². The summed E-state index contributed by atoms with van der Waals surface area (Å²) in [6, 6.07) is 7.66. The predicted octanol–water partition coefficient (Wildman–Crippen LogP) is 3.78. The number of hydrazine groups is 1. The summed E-state index contributed by atoms with van der Waals surface area (Å²) in [7, 11) is 0. The SMILES string of the molecule is NNC(CCc1ccsc1)c1ccc(OC(F)(F)F)cc1. The van der Waals surface area contributed by atoms with Crippen molar-refractivity contribution in [2.45, 2.75) is 25.2 Å². The summed E-state index contributed by atoms with van der Waals surface area (Å²) in [6.07, 6.45) is -3.07. The van der Waals surface area contributed by atoms with E-state index in [2.05, 4.69) is 15.5 Å². The monoisotopic (exact) mass is 316 g/mol. The number of aryl methyl sites for hydroxylation is 1. The molecule has 0 amide bonds. The molecule has 0 aliphatic heterocycles. The zero-order chi connectivity index (χ0) is 15.3. The van der Waals surface area contributed by atoms with Crippen LogP contribution in [-0.4, -0.2) is 6.36 Å². The Labute approximate surface area is 124 Å². The maximum atomic E-state index is 12.1. The van der Waals surface area contributed by atoms with Crippen molar-refractivity contribution in [1.29, 1.82) is 0 Å². The van der Waals surface area contributed by atoms with Crippen LogP contribution in [0.1, 0.15) is 23.6 Å². The van der Waals surface area contributed by atoms with Crippen LogP contribution in [0, 0.1) is 0 Å². The van der Waals surface area contributed by atoms with Gasteiger partial charge in [-0.3, -0.25) is 11.3 Å². The third kappa shape index (κ3) is 5.04. The second-order valence-electron chi connectivity index (χ2n) is 4.51. The second-order valence-corrected chi connectivity index (χ2v) is 5.29. The van der Waals surface area contributed by atoms with Crippen molar-refractivity contribution < 1.29 is 17.9 Å². The molecule has 7 heteroatoms. The van der Waals surface area contributed by atoms with Crippen molar-refractivity contribution in [2.75, 3.05) is 0 Å². The maximum Gasteiger partial charge on any atom is 0.573 e. The highest BCUT2D eigenvalue weighted by atomic mass is 32.1. The quantitative estimate of drug-likeness (QED) is 0.630. The molecule has 21 heavy (non-hydrogen) atoms. The lowest BCUT2D eigenvalue weighted by molar-refractivity contribution is -0.274. The molecule has 1 unspecified atom stereocenters. The first kappa shape index (κ1) is 15.8. The predicted molar refractivity (Wildman–Crippen MR) is 75.8 cm³/mol. The Morgan fingerprint density at radius 2 is 1.90 bits per heavy atom. The summed E-state index contributed by atoms with van der Waals surface area (Å²) >= 11 is 1.63. The lowest BCUT2D eigenvalue weighted by Gasteiger charge is -2.17. The number of nitrogens with two attached hydrogens (primary N) is 1. The normalized spacial score (nSPS) is 13.1. The molecule has 1 aromatic carbocycles. The molecule has 0 saturated carbocycles. The second kappa shape index (κ2) is 6.93. The van der Waals surface area contributed by atoms with Gasteiger partial charge in [-0.05, 0) is 52.9 Å². The molecule has 2 aromatic rings. The van der Waals surface area contributed by atoms with Gasteiger partial charge in [0.25, 0.3) is 0 Å². The molecule has 114 valence electrons. The Morgan fingerprint density at radius 1 is 1.19 bits per heavy atom. The Balaban J connectivity index is 1.98. The number of rotatable bonds is 6. The van der Waals surface area contributed by atoms with Gasteiger partial charge in [-0.2, -0.15) is 11.3 Å². The number of ether oxygens (including phenoxy) is 1. The number of hydrogen-bond acceptors (Lipinski definition) is 4. The fraction of sp³-hybridized carbons (Fsp3) is 0.286. The van der Waals surface area contributed by atoms with Crippen molar-refractivity contribution in [3.63, 3.8) is 0 Å². The minimum Gasteiger partial charge on any atom is -0.406 e. The Bertz CT molecular complexity index is 540. The Morgan fingerprint density at radius 3 is 2.43 bits per heavy atom. The van der Waals surface area contributed by atoms with Gasteiger partial charge in [-0.25, -0.2) is 0 Å². The number of halogens is 3. The molecule has 0 radical (unpaired) electrons. The highest BCUT2D eigenvalue weighted by molar-refractivity contribution is 7.07. The average Bonchev–Trinajstić information content (AvgIpc) is 2.92. The van der Waals surface area contributed by atoms with Crippen LogP contribution in [0.2, 0.25) is 0 Å². The van der Waals surface area contributed by atoms with Crippen molar-refractivity contribution in [2.24, 2.45) is 5.84 Å². The number of nitrogens with one attached hydrogen (secondary N) is 1. The zero-order valence-corrected chi connectivity index (χ0v) is 11.9. The zero-order valence-electron chi connectivity index (χ0n) is 11.1. The molecule has 0 fully saturated rings. The smallest absolute Gasteiger partial charge is 0.406 e. The van der Waals surface area contributed by atoms with Gasteiger partial charge >= 0.3 is 6.36 Å². The van der Waals surface area contributed by atoms with Crippen LogP contribution in [0.25, 0.3) is 0 Å². The minimum absolute atomic E-state index is 0.121.